The van der Waals surface area contributed by atoms with Gasteiger partial charge in [0.2, 0.25) is 0 Å². The zero-order valence-electron chi connectivity index (χ0n) is 16.6. The molecular formula is C22H19N7O2. The van der Waals surface area contributed by atoms with Crippen molar-refractivity contribution >= 4 is 5.91 Å². The first-order valence-corrected chi connectivity index (χ1v) is 9.93. The van der Waals surface area contributed by atoms with E-state index in [2.05, 4.69) is 20.3 Å². The van der Waals surface area contributed by atoms with Crippen molar-refractivity contribution in [3.05, 3.63) is 89.2 Å². The molecule has 31 heavy (non-hydrogen) atoms. The number of amides is 1. The molecule has 0 aliphatic carbocycles. The molecule has 0 N–H and O–H groups in total. The van der Waals surface area contributed by atoms with E-state index in [1.54, 1.807) is 23.4 Å². The van der Waals surface area contributed by atoms with Crippen molar-refractivity contribution in [3.8, 4) is 16.9 Å². The van der Waals surface area contributed by atoms with Crippen LogP contribution in [0.25, 0.3) is 16.9 Å². The van der Waals surface area contributed by atoms with Gasteiger partial charge in [0.25, 0.3) is 11.5 Å². The van der Waals surface area contributed by atoms with Crippen molar-refractivity contribution in [2.75, 3.05) is 13.1 Å². The minimum Gasteiger partial charge on any atom is -0.336 e. The summed E-state index contributed by atoms with van der Waals surface area (Å²) in [5, 5.41) is 12.9. The Morgan fingerprint density at radius 1 is 0.968 bits per heavy atom. The first-order chi connectivity index (χ1) is 15.2. The van der Waals surface area contributed by atoms with Gasteiger partial charge in [-0.1, -0.05) is 18.2 Å². The van der Waals surface area contributed by atoms with E-state index in [0.29, 0.717) is 31.0 Å². The summed E-state index contributed by atoms with van der Waals surface area (Å²) >= 11 is 0. The number of benzene rings is 1. The number of para-hydroxylation sites is 1. The Morgan fingerprint density at radius 2 is 1.81 bits per heavy atom. The van der Waals surface area contributed by atoms with Crippen LogP contribution in [-0.2, 0) is 6.54 Å². The van der Waals surface area contributed by atoms with Crippen LogP contribution in [0.15, 0.2) is 78.0 Å². The molecular weight excluding hydrogens is 394 g/mol. The SMILES string of the molecule is O=C(c1cnn(-c2ccccc2)n1)N1CC(Cn2nc(-c3cccnc3)ccc2=O)C1. The third-order valence-electron chi connectivity index (χ3n) is 5.20. The van der Waals surface area contributed by atoms with Crippen LogP contribution in [0.2, 0.25) is 0 Å². The van der Waals surface area contributed by atoms with Gasteiger partial charge in [0.05, 0.1) is 24.1 Å². The molecule has 5 rings (SSSR count). The summed E-state index contributed by atoms with van der Waals surface area (Å²) in [5.74, 6) is -0.00897. The summed E-state index contributed by atoms with van der Waals surface area (Å²) in [4.78, 5) is 32.2. The van der Waals surface area contributed by atoms with Crippen LogP contribution in [0.5, 0.6) is 0 Å². The standard InChI is InChI=1S/C22H19N7O2/c30-21-9-8-19(17-5-4-10-23-11-17)25-28(21)15-16-13-27(14-16)22(31)20-12-24-29(26-20)18-6-2-1-3-7-18/h1-12,16H,13-15H2. The van der Waals surface area contributed by atoms with Gasteiger partial charge in [-0.05, 0) is 30.3 Å². The molecule has 0 spiro atoms. The lowest BCUT2D eigenvalue weighted by atomic mass is 10.00. The van der Waals surface area contributed by atoms with Crippen LogP contribution >= 0.6 is 0 Å². The number of carbonyl (C=O) groups excluding carboxylic acids is 1. The molecule has 1 amide bonds. The predicted molar refractivity (Wildman–Crippen MR) is 112 cm³/mol. The van der Waals surface area contributed by atoms with Crippen molar-refractivity contribution < 1.29 is 4.79 Å². The van der Waals surface area contributed by atoms with Gasteiger partial charge < -0.3 is 4.90 Å². The van der Waals surface area contributed by atoms with Crippen molar-refractivity contribution in [2.24, 2.45) is 5.92 Å². The van der Waals surface area contributed by atoms with E-state index in [0.717, 1.165) is 11.3 Å². The van der Waals surface area contributed by atoms with Crippen LogP contribution in [0, 0.1) is 5.92 Å². The van der Waals surface area contributed by atoms with Crippen LogP contribution < -0.4 is 5.56 Å². The molecule has 0 saturated carbocycles. The molecule has 1 aliphatic rings. The van der Waals surface area contributed by atoms with Crippen molar-refractivity contribution in [2.45, 2.75) is 6.54 Å². The first kappa shape index (κ1) is 18.9. The van der Waals surface area contributed by atoms with E-state index < -0.39 is 0 Å². The number of nitrogens with zero attached hydrogens (tertiary/aromatic N) is 7. The van der Waals surface area contributed by atoms with E-state index in [1.165, 1.54) is 21.7 Å². The Kier molecular flexibility index (Phi) is 4.83. The van der Waals surface area contributed by atoms with Gasteiger partial charge in [-0.15, -0.1) is 5.10 Å². The zero-order chi connectivity index (χ0) is 21.2. The Balaban J connectivity index is 1.23. The highest BCUT2D eigenvalue weighted by Gasteiger charge is 2.33. The number of carbonyl (C=O) groups is 1. The van der Waals surface area contributed by atoms with Gasteiger partial charge in [0.15, 0.2) is 5.69 Å². The zero-order valence-corrected chi connectivity index (χ0v) is 16.6. The van der Waals surface area contributed by atoms with Crippen LogP contribution in [0.3, 0.4) is 0 Å². The Hall–Kier alpha value is -4.14. The topological polar surface area (TPSA) is 98.8 Å². The maximum Gasteiger partial charge on any atom is 0.276 e. The summed E-state index contributed by atoms with van der Waals surface area (Å²) in [6.45, 7) is 1.54. The van der Waals surface area contributed by atoms with E-state index >= 15 is 0 Å². The van der Waals surface area contributed by atoms with Gasteiger partial charge >= 0.3 is 0 Å². The lowest BCUT2D eigenvalue weighted by Crippen LogP contribution is -2.52. The molecule has 0 radical (unpaired) electrons. The Labute approximate surface area is 177 Å². The number of hydrogen-bond acceptors (Lipinski definition) is 6. The third-order valence-corrected chi connectivity index (χ3v) is 5.20. The maximum atomic E-state index is 12.7. The van der Waals surface area contributed by atoms with Crippen molar-refractivity contribution in [1.29, 1.82) is 0 Å². The summed E-state index contributed by atoms with van der Waals surface area (Å²) in [6.07, 6.45) is 4.88. The van der Waals surface area contributed by atoms with Gasteiger partial charge in [-0.3, -0.25) is 14.6 Å². The van der Waals surface area contributed by atoms with Crippen molar-refractivity contribution in [1.82, 2.24) is 34.7 Å². The average molecular weight is 413 g/mol. The summed E-state index contributed by atoms with van der Waals surface area (Å²) < 4.78 is 1.46. The number of rotatable bonds is 5. The van der Waals surface area contributed by atoms with Crippen molar-refractivity contribution in [3.63, 3.8) is 0 Å². The van der Waals surface area contributed by atoms with E-state index in [4.69, 9.17) is 0 Å². The highest BCUT2D eigenvalue weighted by Crippen LogP contribution is 2.20. The van der Waals surface area contributed by atoms with E-state index in [9.17, 15) is 9.59 Å². The summed E-state index contributed by atoms with van der Waals surface area (Å²) in [6, 6.07) is 16.4. The minimum atomic E-state index is -0.164. The van der Waals surface area contributed by atoms with E-state index in [1.807, 2.05) is 42.5 Å². The lowest BCUT2D eigenvalue weighted by Gasteiger charge is -2.38. The second-order valence-corrected chi connectivity index (χ2v) is 7.41. The number of pyridine rings is 1. The fourth-order valence-electron chi connectivity index (χ4n) is 3.55. The molecule has 0 unspecified atom stereocenters. The average Bonchev–Trinajstić information content (AvgIpc) is 3.28. The van der Waals surface area contributed by atoms with Gasteiger partial charge in [0, 0.05) is 43.0 Å². The Morgan fingerprint density at radius 3 is 2.58 bits per heavy atom. The van der Waals surface area contributed by atoms with E-state index in [-0.39, 0.29) is 17.4 Å². The van der Waals surface area contributed by atoms with Crippen LogP contribution in [0.1, 0.15) is 10.5 Å². The fraction of sp³-hybridized carbons (Fsp3) is 0.182. The molecule has 1 aromatic carbocycles. The predicted octanol–water partition coefficient (Wildman–Crippen LogP) is 1.66. The summed E-state index contributed by atoms with van der Waals surface area (Å²) in [7, 11) is 0. The number of hydrogen-bond donors (Lipinski definition) is 0. The molecule has 4 heterocycles. The third kappa shape index (κ3) is 3.85. The monoisotopic (exact) mass is 413 g/mol. The Bertz CT molecular complexity index is 1260. The van der Waals surface area contributed by atoms with Gasteiger partial charge in [-0.2, -0.15) is 15.0 Å². The minimum absolute atomic E-state index is 0.155. The number of likely N-dealkylation sites (tertiary alicyclic amines) is 1. The molecule has 0 atom stereocenters. The molecule has 1 aliphatic heterocycles. The highest BCUT2D eigenvalue weighted by atomic mass is 16.2. The molecule has 1 saturated heterocycles. The molecule has 4 aromatic rings. The van der Waals surface area contributed by atoms with Gasteiger partial charge in [0.1, 0.15) is 0 Å². The molecule has 9 nitrogen and oxygen atoms in total. The quantitative estimate of drug-likeness (QED) is 0.493. The normalized spacial score (nSPS) is 13.7. The molecule has 3 aromatic heterocycles. The smallest absolute Gasteiger partial charge is 0.276 e. The number of aromatic nitrogens is 6. The summed E-state index contributed by atoms with van der Waals surface area (Å²) in [5.41, 5.74) is 2.47. The first-order valence-electron chi connectivity index (χ1n) is 9.93. The maximum absolute atomic E-state index is 12.7. The van der Waals surface area contributed by atoms with Crippen LogP contribution in [0.4, 0.5) is 0 Å². The second-order valence-electron chi connectivity index (χ2n) is 7.41. The highest BCUT2D eigenvalue weighted by molar-refractivity contribution is 5.92. The molecule has 1 fully saturated rings. The lowest BCUT2D eigenvalue weighted by molar-refractivity contribution is 0.0452. The molecule has 9 heteroatoms. The van der Waals surface area contributed by atoms with Crippen LogP contribution in [-0.4, -0.2) is 53.7 Å². The van der Waals surface area contributed by atoms with Gasteiger partial charge in [-0.25, -0.2) is 4.68 Å². The second kappa shape index (κ2) is 7.94. The molecule has 0 bridgehead atoms. The fourth-order valence-corrected chi connectivity index (χ4v) is 3.55. The molecule has 154 valence electrons. The largest absolute Gasteiger partial charge is 0.336 e.